The van der Waals surface area contributed by atoms with Crippen molar-refractivity contribution in [2.45, 2.75) is 31.5 Å². The van der Waals surface area contributed by atoms with Crippen LogP contribution in [0.2, 0.25) is 0 Å². The number of cyclic esters (lactones) is 1. The third-order valence-corrected chi connectivity index (χ3v) is 6.48. The van der Waals surface area contributed by atoms with Crippen molar-refractivity contribution in [2.24, 2.45) is 0 Å². The number of esters is 1. The minimum atomic E-state index is -0.361. The van der Waals surface area contributed by atoms with E-state index in [9.17, 15) is 14.4 Å². The summed E-state index contributed by atoms with van der Waals surface area (Å²) in [5.74, 6) is -0.401. The standard InChI is InChI=1S/C25H26N2O5/c28-23(26-10-12-27(13-11-26)24(29)21-7-4-14-31-21)18-8-9-20-19(15-18)16-22(32-25(20)30)17-5-2-1-3-6-17/h1-3,5-6,8-9,15,21-22H,4,7,10-14,16H2/t21-,22-/m0/s1. The molecule has 3 aliphatic rings. The van der Waals surface area contributed by atoms with Gasteiger partial charge in [-0.25, -0.2) is 4.79 Å². The smallest absolute Gasteiger partial charge is 0.339 e. The molecule has 2 saturated heterocycles. The lowest BCUT2D eigenvalue weighted by molar-refractivity contribution is -0.142. The molecule has 7 heteroatoms. The summed E-state index contributed by atoms with van der Waals surface area (Å²) in [4.78, 5) is 41.7. The van der Waals surface area contributed by atoms with Crippen LogP contribution in [0.15, 0.2) is 48.5 Å². The monoisotopic (exact) mass is 434 g/mol. The zero-order chi connectivity index (χ0) is 22.1. The second-order valence-corrected chi connectivity index (χ2v) is 8.50. The fourth-order valence-electron chi connectivity index (χ4n) is 4.67. The summed E-state index contributed by atoms with van der Waals surface area (Å²) in [7, 11) is 0. The highest BCUT2D eigenvalue weighted by atomic mass is 16.5. The van der Waals surface area contributed by atoms with Gasteiger partial charge in [0.2, 0.25) is 0 Å². The molecule has 2 atom stereocenters. The molecule has 2 aromatic rings. The second-order valence-electron chi connectivity index (χ2n) is 8.50. The number of nitrogens with zero attached hydrogens (tertiary/aromatic N) is 2. The first-order valence-corrected chi connectivity index (χ1v) is 11.2. The molecule has 2 aromatic carbocycles. The summed E-state index contributed by atoms with van der Waals surface area (Å²) in [5.41, 5.74) is 2.84. The Kier molecular flexibility index (Phi) is 5.66. The fourth-order valence-corrected chi connectivity index (χ4v) is 4.67. The molecule has 0 unspecified atom stereocenters. The van der Waals surface area contributed by atoms with E-state index in [2.05, 4.69) is 0 Å². The molecule has 0 saturated carbocycles. The van der Waals surface area contributed by atoms with Gasteiger partial charge in [0.1, 0.15) is 12.2 Å². The lowest BCUT2D eigenvalue weighted by atomic mass is 9.93. The molecule has 2 fully saturated rings. The molecule has 5 rings (SSSR count). The molecule has 0 bridgehead atoms. The summed E-state index contributed by atoms with van der Waals surface area (Å²) in [6, 6.07) is 14.8. The van der Waals surface area contributed by atoms with Crippen LogP contribution in [0.3, 0.4) is 0 Å². The molecular weight excluding hydrogens is 408 g/mol. The number of piperazine rings is 1. The van der Waals surface area contributed by atoms with Crippen molar-refractivity contribution in [1.29, 1.82) is 0 Å². The maximum absolute atomic E-state index is 13.1. The number of carbonyl (C=O) groups is 3. The first-order chi connectivity index (χ1) is 15.6. The van der Waals surface area contributed by atoms with Gasteiger partial charge in [-0.1, -0.05) is 30.3 Å². The van der Waals surface area contributed by atoms with Gasteiger partial charge in [-0.3, -0.25) is 9.59 Å². The third-order valence-electron chi connectivity index (χ3n) is 6.48. The quantitative estimate of drug-likeness (QED) is 0.694. The number of hydrogen-bond acceptors (Lipinski definition) is 5. The highest BCUT2D eigenvalue weighted by Crippen LogP contribution is 2.31. The van der Waals surface area contributed by atoms with Crippen LogP contribution < -0.4 is 0 Å². The summed E-state index contributed by atoms with van der Waals surface area (Å²) in [5, 5.41) is 0. The van der Waals surface area contributed by atoms with Gasteiger partial charge in [-0.2, -0.15) is 0 Å². The normalized spacial score (nSPS) is 22.9. The van der Waals surface area contributed by atoms with E-state index in [4.69, 9.17) is 9.47 Å². The van der Waals surface area contributed by atoms with Crippen LogP contribution in [0.4, 0.5) is 0 Å². The topological polar surface area (TPSA) is 76.2 Å². The van der Waals surface area contributed by atoms with Crippen LogP contribution >= 0.6 is 0 Å². The van der Waals surface area contributed by atoms with Crippen LogP contribution in [-0.2, 0) is 20.7 Å². The number of fused-ring (bicyclic) bond motifs is 1. The molecule has 0 N–H and O–H groups in total. The number of amides is 2. The molecule has 32 heavy (non-hydrogen) atoms. The number of hydrogen-bond donors (Lipinski definition) is 0. The van der Waals surface area contributed by atoms with Crippen molar-refractivity contribution >= 4 is 17.8 Å². The molecule has 7 nitrogen and oxygen atoms in total. The van der Waals surface area contributed by atoms with Gasteiger partial charge in [0.05, 0.1) is 5.56 Å². The Balaban J connectivity index is 1.26. The molecule has 3 aliphatic heterocycles. The van der Waals surface area contributed by atoms with Crippen molar-refractivity contribution in [1.82, 2.24) is 9.80 Å². The Labute approximate surface area is 186 Å². The van der Waals surface area contributed by atoms with Crippen molar-refractivity contribution in [3.05, 3.63) is 70.8 Å². The van der Waals surface area contributed by atoms with E-state index in [1.54, 1.807) is 21.9 Å². The summed E-state index contributed by atoms with van der Waals surface area (Å²) < 4.78 is 11.1. The number of ether oxygens (including phenoxy) is 2. The minimum absolute atomic E-state index is 0.0360. The zero-order valence-electron chi connectivity index (χ0n) is 17.9. The Bertz CT molecular complexity index is 1020. The molecule has 166 valence electrons. The van der Waals surface area contributed by atoms with Gasteiger partial charge in [0.15, 0.2) is 0 Å². The number of rotatable bonds is 3. The molecular formula is C25H26N2O5. The summed E-state index contributed by atoms with van der Waals surface area (Å²) in [6.45, 7) is 2.65. The lowest BCUT2D eigenvalue weighted by Crippen LogP contribution is -2.52. The highest BCUT2D eigenvalue weighted by molar-refractivity contribution is 5.98. The summed E-state index contributed by atoms with van der Waals surface area (Å²) in [6.07, 6.45) is 1.56. The van der Waals surface area contributed by atoms with Gasteiger partial charge in [-0.05, 0) is 42.2 Å². The molecule has 2 amide bonds. The number of carbonyl (C=O) groups excluding carboxylic acids is 3. The van der Waals surface area contributed by atoms with Crippen LogP contribution in [0.1, 0.15) is 50.8 Å². The van der Waals surface area contributed by atoms with Crippen molar-refractivity contribution in [3.63, 3.8) is 0 Å². The molecule has 0 aliphatic carbocycles. The van der Waals surface area contributed by atoms with Crippen molar-refractivity contribution in [2.75, 3.05) is 32.8 Å². The maximum atomic E-state index is 13.1. The van der Waals surface area contributed by atoms with Gasteiger partial charge in [0, 0.05) is 44.8 Å². The predicted molar refractivity (Wildman–Crippen MR) is 116 cm³/mol. The van der Waals surface area contributed by atoms with Gasteiger partial charge in [-0.15, -0.1) is 0 Å². The average molecular weight is 434 g/mol. The fraction of sp³-hybridized carbons (Fsp3) is 0.400. The predicted octanol–water partition coefficient (Wildman–Crippen LogP) is 2.60. The SMILES string of the molecule is O=C1O[C@H](c2ccccc2)Cc2cc(C(=O)N3CCN(C(=O)[C@@H]4CCCO4)CC3)ccc21. The van der Waals surface area contributed by atoms with E-state index in [1.807, 2.05) is 36.4 Å². The first kappa shape index (κ1) is 20.7. The van der Waals surface area contributed by atoms with Crippen molar-refractivity contribution in [3.8, 4) is 0 Å². The van der Waals surface area contributed by atoms with Gasteiger partial charge < -0.3 is 19.3 Å². The lowest BCUT2D eigenvalue weighted by Gasteiger charge is -2.36. The highest BCUT2D eigenvalue weighted by Gasteiger charge is 2.32. The van der Waals surface area contributed by atoms with E-state index >= 15 is 0 Å². The largest absolute Gasteiger partial charge is 0.454 e. The Morgan fingerprint density at radius 1 is 0.938 bits per heavy atom. The summed E-state index contributed by atoms with van der Waals surface area (Å²) >= 11 is 0. The number of benzene rings is 2. The van der Waals surface area contributed by atoms with Crippen LogP contribution in [-0.4, -0.2) is 66.5 Å². The second kappa shape index (κ2) is 8.74. The van der Waals surface area contributed by atoms with E-state index in [1.165, 1.54) is 0 Å². The average Bonchev–Trinajstić information content (AvgIpc) is 3.38. The Morgan fingerprint density at radius 3 is 2.41 bits per heavy atom. The Hall–Kier alpha value is -3.19. The van der Waals surface area contributed by atoms with E-state index in [-0.39, 0.29) is 30.0 Å². The third kappa shape index (κ3) is 4.00. The molecule has 0 radical (unpaired) electrons. The van der Waals surface area contributed by atoms with Gasteiger partial charge >= 0.3 is 5.97 Å². The molecule has 0 spiro atoms. The zero-order valence-corrected chi connectivity index (χ0v) is 17.9. The Morgan fingerprint density at radius 2 is 1.69 bits per heavy atom. The van der Waals surface area contributed by atoms with Crippen LogP contribution in [0, 0.1) is 0 Å². The minimum Gasteiger partial charge on any atom is -0.454 e. The molecule has 0 aromatic heterocycles. The van der Waals surface area contributed by atoms with E-state index < -0.39 is 0 Å². The van der Waals surface area contributed by atoms with Crippen LogP contribution in [0.25, 0.3) is 0 Å². The van der Waals surface area contributed by atoms with Crippen molar-refractivity contribution < 1.29 is 23.9 Å². The van der Waals surface area contributed by atoms with Crippen LogP contribution in [0.5, 0.6) is 0 Å². The van der Waals surface area contributed by atoms with E-state index in [0.717, 1.165) is 24.0 Å². The van der Waals surface area contributed by atoms with E-state index in [0.29, 0.717) is 50.3 Å². The maximum Gasteiger partial charge on any atom is 0.339 e. The van der Waals surface area contributed by atoms with Gasteiger partial charge in [0.25, 0.3) is 11.8 Å². The molecule has 3 heterocycles. The first-order valence-electron chi connectivity index (χ1n) is 11.2.